The summed E-state index contributed by atoms with van der Waals surface area (Å²) < 4.78 is 17.9. The van der Waals surface area contributed by atoms with Gasteiger partial charge in [-0.3, -0.25) is 0 Å². The lowest BCUT2D eigenvalue weighted by atomic mass is 10.2. The Balaban J connectivity index is 2.00. The zero-order chi connectivity index (χ0) is 13.7. The van der Waals surface area contributed by atoms with Gasteiger partial charge in [0, 0.05) is 11.5 Å². The van der Waals surface area contributed by atoms with Gasteiger partial charge >= 0.3 is 5.97 Å². The van der Waals surface area contributed by atoms with Gasteiger partial charge in [0.1, 0.15) is 11.3 Å². The highest BCUT2D eigenvalue weighted by atomic mass is 16.6. The number of methoxy groups -OCH3 is 1. The number of benzene rings is 1. The van der Waals surface area contributed by atoms with Gasteiger partial charge in [-0.1, -0.05) is 12.1 Å². The minimum atomic E-state index is -0.360. The maximum absolute atomic E-state index is 11.9. The van der Waals surface area contributed by atoms with E-state index in [2.05, 4.69) is 0 Å². The molecule has 0 radical (unpaired) electrons. The Morgan fingerprint density at radius 3 is 2.95 bits per heavy atom. The Hall–Kier alpha value is -2.27. The predicted molar refractivity (Wildman–Crippen MR) is 72.8 cm³/mol. The number of fused-ring (bicyclic) bond motifs is 3. The molecule has 1 atom stereocenters. The lowest BCUT2D eigenvalue weighted by molar-refractivity contribution is 0.0588. The number of ether oxygens (including phenoxy) is 2. The minimum Gasteiger partial charge on any atom is -0.464 e. The number of esters is 1. The molecule has 5 nitrogen and oxygen atoms in total. The van der Waals surface area contributed by atoms with Crippen LogP contribution >= 0.6 is 0 Å². The van der Waals surface area contributed by atoms with E-state index in [1.807, 2.05) is 28.8 Å². The normalized spacial score (nSPS) is 17.8. The summed E-state index contributed by atoms with van der Waals surface area (Å²) in [7, 11) is 1.38. The summed E-state index contributed by atoms with van der Waals surface area (Å²) >= 11 is 0. The molecule has 0 N–H and O–H groups in total. The highest BCUT2D eigenvalue weighted by molar-refractivity contribution is 6.06. The van der Waals surface area contributed by atoms with Crippen LogP contribution in [0.25, 0.3) is 22.1 Å². The monoisotopic (exact) mass is 271 g/mol. The molecule has 1 saturated heterocycles. The first-order chi connectivity index (χ1) is 9.78. The van der Waals surface area contributed by atoms with Gasteiger partial charge in [-0.25, -0.2) is 4.79 Å². The van der Waals surface area contributed by atoms with Crippen molar-refractivity contribution in [2.75, 3.05) is 13.7 Å². The van der Waals surface area contributed by atoms with Gasteiger partial charge in [0.2, 0.25) is 0 Å². The molecule has 4 rings (SSSR count). The van der Waals surface area contributed by atoms with Crippen LogP contribution in [0.3, 0.4) is 0 Å². The van der Waals surface area contributed by atoms with Crippen molar-refractivity contribution >= 4 is 28.0 Å². The number of nitrogens with zero attached hydrogens (tertiary/aromatic N) is 1. The van der Waals surface area contributed by atoms with E-state index >= 15 is 0 Å². The van der Waals surface area contributed by atoms with Crippen LogP contribution in [0.4, 0.5) is 0 Å². The molecule has 0 aliphatic carbocycles. The second kappa shape index (κ2) is 4.11. The van der Waals surface area contributed by atoms with Crippen molar-refractivity contribution in [2.24, 2.45) is 0 Å². The first-order valence-corrected chi connectivity index (χ1v) is 6.48. The number of furan rings is 1. The fourth-order valence-corrected chi connectivity index (χ4v) is 2.59. The number of carbonyl (C=O) groups is 1. The van der Waals surface area contributed by atoms with Crippen molar-refractivity contribution in [1.29, 1.82) is 0 Å². The molecule has 0 bridgehead atoms. The molecule has 1 unspecified atom stereocenters. The zero-order valence-corrected chi connectivity index (χ0v) is 11.0. The predicted octanol–water partition coefficient (Wildman–Crippen LogP) is 2.57. The summed E-state index contributed by atoms with van der Waals surface area (Å²) in [6.07, 6.45) is 0.169. The third-order valence-corrected chi connectivity index (χ3v) is 3.61. The second-order valence-electron chi connectivity index (χ2n) is 4.90. The van der Waals surface area contributed by atoms with Crippen LogP contribution in [-0.2, 0) is 16.0 Å². The Morgan fingerprint density at radius 1 is 1.40 bits per heavy atom. The van der Waals surface area contributed by atoms with Crippen LogP contribution in [-0.4, -0.2) is 30.4 Å². The van der Waals surface area contributed by atoms with Crippen LogP contribution in [0.15, 0.2) is 34.7 Å². The standard InChI is InChI=1S/C15H13NO4/c1-18-15(17)11-6-13-14(16(11)7-9-8-19-9)10-4-2-3-5-12(10)20-13/h2-6,9H,7-8H2,1H3. The Labute approximate surface area is 114 Å². The quantitative estimate of drug-likeness (QED) is 0.542. The van der Waals surface area contributed by atoms with E-state index in [1.54, 1.807) is 6.07 Å². The van der Waals surface area contributed by atoms with Crippen LogP contribution in [0.5, 0.6) is 0 Å². The van der Waals surface area contributed by atoms with E-state index in [4.69, 9.17) is 13.9 Å². The molecule has 3 heterocycles. The third-order valence-electron chi connectivity index (χ3n) is 3.61. The van der Waals surface area contributed by atoms with E-state index < -0.39 is 0 Å². The zero-order valence-electron chi connectivity index (χ0n) is 11.0. The molecular formula is C15H13NO4. The topological polar surface area (TPSA) is 56.9 Å². The van der Waals surface area contributed by atoms with Crippen LogP contribution < -0.4 is 0 Å². The van der Waals surface area contributed by atoms with Crippen LogP contribution in [0.1, 0.15) is 10.5 Å². The minimum absolute atomic E-state index is 0.169. The van der Waals surface area contributed by atoms with Crippen molar-refractivity contribution in [1.82, 2.24) is 4.57 Å². The van der Waals surface area contributed by atoms with Crippen LogP contribution in [0.2, 0.25) is 0 Å². The first kappa shape index (κ1) is 11.5. The summed E-state index contributed by atoms with van der Waals surface area (Å²) in [5.74, 6) is -0.360. The molecule has 5 heteroatoms. The highest BCUT2D eigenvalue weighted by Gasteiger charge is 2.28. The number of para-hydroxylation sites is 1. The molecule has 0 amide bonds. The molecule has 3 aromatic rings. The number of rotatable bonds is 3. The lowest BCUT2D eigenvalue weighted by Crippen LogP contribution is -2.13. The molecule has 1 aliphatic rings. The number of hydrogen-bond donors (Lipinski definition) is 0. The maximum atomic E-state index is 11.9. The van der Waals surface area contributed by atoms with Crippen molar-refractivity contribution in [3.8, 4) is 0 Å². The molecule has 1 fully saturated rings. The first-order valence-electron chi connectivity index (χ1n) is 6.48. The molecule has 1 aliphatic heterocycles. The number of epoxide rings is 1. The Kier molecular flexibility index (Phi) is 2.37. The van der Waals surface area contributed by atoms with Gasteiger partial charge in [0.05, 0.1) is 31.9 Å². The van der Waals surface area contributed by atoms with E-state index in [1.165, 1.54) is 7.11 Å². The third kappa shape index (κ3) is 1.63. The highest BCUT2D eigenvalue weighted by Crippen LogP contribution is 2.32. The summed E-state index contributed by atoms with van der Waals surface area (Å²) in [4.78, 5) is 11.9. The fourth-order valence-electron chi connectivity index (χ4n) is 2.59. The summed E-state index contributed by atoms with van der Waals surface area (Å²) in [5, 5.41) is 0.998. The van der Waals surface area contributed by atoms with Gasteiger partial charge in [0.15, 0.2) is 5.58 Å². The average Bonchev–Trinajstić information content (AvgIpc) is 3.11. The average molecular weight is 271 g/mol. The van der Waals surface area contributed by atoms with Crippen molar-refractivity contribution < 1.29 is 18.7 Å². The van der Waals surface area contributed by atoms with Crippen LogP contribution in [0, 0.1) is 0 Å². The Morgan fingerprint density at radius 2 is 2.20 bits per heavy atom. The fraction of sp³-hybridized carbons (Fsp3) is 0.267. The summed E-state index contributed by atoms with van der Waals surface area (Å²) in [6, 6.07) is 9.54. The number of carbonyl (C=O) groups excluding carboxylic acids is 1. The molecule has 102 valence electrons. The smallest absolute Gasteiger partial charge is 0.354 e. The second-order valence-corrected chi connectivity index (χ2v) is 4.90. The summed E-state index contributed by atoms with van der Waals surface area (Å²) in [5.41, 5.74) is 2.95. The van der Waals surface area contributed by atoms with Gasteiger partial charge in [0.25, 0.3) is 0 Å². The van der Waals surface area contributed by atoms with Gasteiger partial charge in [-0.2, -0.15) is 0 Å². The molecule has 1 aromatic carbocycles. The number of aromatic nitrogens is 1. The molecule has 2 aromatic heterocycles. The van der Waals surface area contributed by atoms with Crippen molar-refractivity contribution in [3.63, 3.8) is 0 Å². The van der Waals surface area contributed by atoms with Gasteiger partial charge in [-0.15, -0.1) is 0 Å². The summed E-state index contributed by atoms with van der Waals surface area (Å²) in [6.45, 7) is 1.37. The lowest BCUT2D eigenvalue weighted by Gasteiger charge is -2.06. The SMILES string of the molecule is COC(=O)c1cc2oc3ccccc3c2n1CC1CO1. The van der Waals surface area contributed by atoms with Crippen molar-refractivity contribution in [2.45, 2.75) is 12.6 Å². The van der Waals surface area contributed by atoms with E-state index in [0.717, 1.165) is 23.1 Å². The Bertz CT molecular complexity index is 810. The van der Waals surface area contributed by atoms with Gasteiger partial charge < -0.3 is 18.5 Å². The molecule has 20 heavy (non-hydrogen) atoms. The van der Waals surface area contributed by atoms with E-state index in [0.29, 0.717) is 17.8 Å². The number of hydrogen-bond acceptors (Lipinski definition) is 4. The molecule has 0 spiro atoms. The molecule has 0 saturated carbocycles. The van der Waals surface area contributed by atoms with Crippen molar-refractivity contribution in [3.05, 3.63) is 36.0 Å². The largest absolute Gasteiger partial charge is 0.464 e. The van der Waals surface area contributed by atoms with E-state index in [-0.39, 0.29) is 12.1 Å². The maximum Gasteiger partial charge on any atom is 0.354 e. The molecular weight excluding hydrogens is 258 g/mol. The van der Waals surface area contributed by atoms with E-state index in [9.17, 15) is 4.79 Å². The van der Waals surface area contributed by atoms with Gasteiger partial charge in [-0.05, 0) is 12.1 Å².